The Bertz CT molecular complexity index is 649. The molecular weight excluding hydrogens is 336 g/mol. The van der Waals surface area contributed by atoms with Gasteiger partial charge in [-0.05, 0) is 34.1 Å². The smallest absolute Gasteiger partial charge is 0.149 e. The summed E-state index contributed by atoms with van der Waals surface area (Å²) < 4.78 is 26.9. The number of thiocarbonyl (C=S) groups is 1. The van der Waals surface area contributed by atoms with Gasteiger partial charge >= 0.3 is 0 Å². The number of anilines is 2. The molecule has 0 saturated carbocycles. The van der Waals surface area contributed by atoms with Crippen molar-refractivity contribution in [3.63, 3.8) is 0 Å². The first kappa shape index (κ1) is 13.8. The molecule has 7 heteroatoms. The molecule has 98 valence electrons. The maximum Gasteiger partial charge on any atom is 0.149 e. The Morgan fingerprint density at radius 1 is 1.32 bits per heavy atom. The van der Waals surface area contributed by atoms with Crippen LogP contribution in [0.3, 0.4) is 0 Å². The molecule has 0 saturated heterocycles. The lowest BCUT2D eigenvalue weighted by atomic mass is 10.2. The molecule has 3 N–H and O–H groups in total. The van der Waals surface area contributed by atoms with Crippen LogP contribution in [0.1, 0.15) is 5.56 Å². The van der Waals surface area contributed by atoms with Gasteiger partial charge in [-0.3, -0.25) is 0 Å². The van der Waals surface area contributed by atoms with Crippen molar-refractivity contribution in [1.82, 2.24) is 4.98 Å². The third-order valence-electron chi connectivity index (χ3n) is 2.34. The zero-order valence-electron chi connectivity index (χ0n) is 9.45. The second-order valence-electron chi connectivity index (χ2n) is 3.63. The summed E-state index contributed by atoms with van der Waals surface area (Å²) in [7, 11) is 0. The van der Waals surface area contributed by atoms with Gasteiger partial charge in [-0.15, -0.1) is 0 Å². The van der Waals surface area contributed by atoms with Gasteiger partial charge in [-0.2, -0.15) is 0 Å². The van der Waals surface area contributed by atoms with E-state index >= 15 is 0 Å². The van der Waals surface area contributed by atoms with Crippen molar-refractivity contribution < 1.29 is 8.78 Å². The van der Waals surface area contributed by atoms with Gasteiger partial charge in [0.15, 0.2) is 0 Å². The summed E-state index contributed by atoms with van der Waals surface area (Å²) in [5, 5.41) is 2.74. The van der Waals surface area contributed by atoms with Crippen LogP contribution in [0.25, 0.3) is 0 Å². The SMILES string of the molecule is NC(=S)c1cccnc1Nc1cc(Br)c(F)cc1F. The maximum absolute atomic E-state index is 13.6. The van der Waals surface area contributed by atoms with E-state index in [2.05, 4.69) is 26.2 Å². The third kappa shape index (κ3) is 3.05. The van der Waals surface area contributed by atoms with E-state index in [1.165, 1.54) is 12.3 Å². The van der Waals surface area contributed by atoms with Crippen LogP contribution in [-0.4, -0.2) is 9.97 Å². The fourth-order valence-electron chi connectivity index (χ4n) is 1.45. The fourth-order valence-corrected chi connectivity index (χ4v) is 1.96. The first-order valence-electron chi connectivity index (χ1n) is 5.15. The summed E-state index contributed by atoms with van der Waals surface area (Å²) >= 11 is 7.87. The van der Waals surface area contributed by atoms with Gasteiger partial charge in [0.1, 0.15) is 22.4 Å². The predicted octanol–water partition coefficient (Wildman–Crippen LogP) is 3.50. The lowest BCUT2D eigenvalue weighted by molar-refractivity contribution is 0.581. The zero-order chi connectivity index (χ0) is 14.0. The number of nitrogens with one attached hydrogen (secondary N) is 1. The summed E-state index contributed by atoms with van der Waals surface area (Å²) in [5.74, 6) is -1.11. The highest BCUT2D eigenvalue weighted by atomic mass is 79.9. The number of rotatable bonds is 3. The van der Waals surface area contributed by atoms with Crippen LogP contribution in [0, 0.1) is 11.6 Å². The normalized spacial score (nSPS) is 10.3. The van der Waals surface area contributed by atoms with Crippen LogP contribution < -0.4 is 11.1 Å². The van der Waals surface area contributed by atoms with Gasteiger partial charge in [0.05, 0.1) is 15.7 Å². The lowest BCUT2D eigenvalue weighted by Gasteiger charge is -2.11. The van der Waals surface area contributed by atoms with Crippen molar-refractivity contribution in [2.24, 2.45) is 5.73 Å². The Hall–Kier alpha value is -1.60. The van der Waals surface area contributed by atoms with Crippen LogP contribution in [0.15, 0.2) is 34.9 Å². The number of nitrogens with zero attached hydrogens (tertiary/aromatic N) is 1. The third-order valence-corrected chi connectivity index (χ3v) is 3.16. The van der Waals surface area contributed by atoms with E-state index < -0.39 is 11.6 Å². The molecule has 1 heterocycles. The number of benzene rings is 1. The average Bonchev–Trinajstić information content (AvgIpc) is 2.36. The zero-order valence-corrected chi connectivity index (χ0v) is 11.9. The van der Waals surface area contributed by atoms with Crippen LogP contribution in [-0.2, 0) is 0 Å². The molecule has 0 spiro atoms. The minimum atomic E-state index is -0.736. The number of hydrogen-bond acceptors (Lipinski definition) is 3. The van der Waals surface area contributed by atoms with E-state index in [0.717, 1.165) is 6.07 Å². The highest BCUT2D eigenvalue weighted by Gasteiger charge is 2.11. The Morgan fingerprint density at radius 2 is 2.05 bits per heavy atom. The minimum Gasteiger partial charge on any atom is -0.389 e. The number of pyridine rings is 1. The Balaban J connectivity index is 2.42. The minimum absolute atomic E-state index is 0.0736. The fraction of sp³-hybridized carbons (Fsp3) is 0. The van der Waals surface area contributed by atoms with Crippen molar-refractivity contribution in [2.75, 3.05) is 5.32 Å². The molecule has 2 aromatic rings. The molecular formula is C12H8BrF2N3S. The van der Waals surface area contributed by atoms with Gasteiger partial charge in [0.25, 0.3) is 0 Å². The number of halogens is 3. The van der Waals surface area contributed by atoms with Crippen molar-refractivity contribution >= 4 is 44.6 Å². The van der Waals surface area contributed by atoms with Crippen molar-refractivity contribution in [3.05, 3.63) is 52.1 Å². The maximum atomic E-state index is 13.6. The Labute approximate surface area is 122 Å². The Kier molecular flexibility index (Phi) is 4.06. The monoisotopic (exact) mass is 343 g/mol. The van der Waals surface area contributed by atoms with Crippen LogP contribution in [0.5, 0.6) is 0 Å². The predicted molar refractivity (Wildman–Crippen MR) is 77.5 cm³/mol. The molecule has 0 unspecified atom stereocenters. The summed E-state index contributed by atoms with van der Waals surface area (Å²) in [6.07, 6.45) is 1.51. The molecule has 0 radical (unpaired) electrons. The number of hydrogen-bond donors (Lipinski definition) is 2. The molecule has 0 bridgehead atoms. The molecule has 0 aliphatic heterocycles. The van der Waals surface area contributed by atoms with E-state index in [0.29, 0.717) is 11.4 Å². The quantitative estimate of drug-likeness (QED) is 0.661. The van der Waals surface area contributed by atoms with Crippen molar-refractivity contribution in [1.29, 1.82) is 0 Å². The van der Waals surface area contributed by atoms with Crippen LogP contribution in [0.2, 0.25) is 0 Å². The lowest BCUT2D eigenvalue weighted by Crippen LogP contribution is -2.13. The number of nitrogens with two attached hydrogens (primary N) is 1. The molecule has 19 heavy (non-hydrogen) atoms. The van der Waals surface area contributed by atoms with E-state index in [1.54, 1.807) is 12.1 Å². The van der Waals surface area contributed by atoms with E-state index in [1.807, 2.05) is 0 Å². The number of aromatic nitrogens is 1. The highest BCUT2D eigenvalue weighted by molar-refractivity contribution is 9.10. The topological polar surface area (TPSA) is 50.9 Å². The molecule has 2 rings (SSSR count). The molecule has 0 amide bonds. The molecule has 0 fully saturated rings. The van der Waals surface area contributed by atoms with Gasteiger partial charge < -0.3 is 11.1 Å². The average molecular weight is 344 g/mol. The van der Waals surface area contributed by atoms with Crippen molar-refractivity contribution in [2.45, 2.75) is 0 Å². The van der Waals surface area contributed by atoms with E-state index in [-0.39, 0.29) is 15.1 Å². The summed E-state index contributed by atoms with van der Waals surface area (Å²) in [4.78, 5) is 4.17. The molecule has 0 aliphatic rings. The molecule has 3 nitrogen and oxygen atoms in total. The van der Waals surface area contributed by atoms with Gasteiger partial charge in [0, 0.05) is 12.3 Å². The molecule has 1 aromatic carbocycles. The van der Waals surface area contributed by atoms with Crippen LogP contribution in [0.4, 0.5) is 20.3 Å². The summed E-state index contributed by atoms with van der Waals surface area (Å²) in [5.41, 5.74) is 6.11. The highest BCUT2D eigenvalue weighted by Crippen LogP contribution is 2.26. The standard InChI is InChI=1S/C12H8BrF2N3S/c13-7-4-10(9(15)5-8(7)14)18-12-6(11(16)19)2-1-3-17-12/h1-5H,(H2,16,19)(H,17,18). The van der Waals surface area contributed by atoms with E-state index in [4.69, 9.17) is 18.0 Å². The Morgan fingerprint density at radius 3 is 2.74 bits per heavy atom. The summed E-state index contributed by atoms with van der Waals surface area (Å²) in [6.45, 7) is 0. The first-order valence-corrected chi connectivity index (χ1v) is 6.35. The van der Waals surface area contributed by atoms with Gasteiger partial charge in [-0.25, -0.2) is 13.8 Å². The molecule has 0 atom stereocenters. The second-order valence-corrected chi connectivity index (χ2v) is 4.93. The second kappa shape index (κ2) is 5.58. The van der Waals surface area contributed by atoms with Gasteiger partial charge in [-0.1, -0.05) is 12.2 Å². The largest absolute Gasteiger partial charge is 0.389 e. The van der Waals surface area contributed by atoms with Crippen LogP contribution >= 0.6 is 28.1 Å². The first-order chi connectivity index (χ1) is 8.99. The molecule has 1 aromatic heterocycles. The summed E-state index contributed by atoms with van der Waals surface area (Å²) in [6, 6.07) is 5.38. The van der Waals surface area contributed by atoms with Crippen molar-refractivity contribution in [3.8, 4) is 0 Å². The van der Waals surface area contributed by atoms with Gasteiger partial charge in [0.2, 0.25) is 0 Å². The molecule has 0 aliphatic carbocycles. The van der Waals surface area contributed by atoms with E-state index in [9.17, 15) is 8.78 Å².